The highest BCUT2D eigenvalue weighted by Gasteiger charge is 2.43. The van der Waals surface area contributed by atoms with Gasteiger partial charge in [0.25, 0.3) is 0 Å². The van der Waals surface area contributed by atoms with E-state index in [4.69, 9.17) is 5.73 Å². The molecule has 4 nitrogen and oxygen atoms in total. The Morgan fingerprint density at radius 1 is 1.44 bits per heavy atom. The summed E-state index contributed by atoms with van der Waals surface area (Å²) in [6, 6.07) is -1.72. The fourth-order valence-electron chi connectivity index (χ4n) is 1.76. The van der Waals surface area contributed by atoms with E-state index in [1.54, 1.807) is 7.05 Å². The maximum atomic E-state index is 12.6. The number of carbonyl (C=O) groups excluding carboxylic acids is 1. The number of nitrogens with two attached hydrogens (primary N) is 1. The van der Waals surface area contributed by atoms with Crippen molar-refractivity contribution in [3.63, 3.8) is 0 Å². The van der Waals surface area contributed by atoms with E-state index in [-0.39, 0.29) is 19.0 Å². The molecular formula is C9H16F3N3O. The number of hydrogen-bond acceptors (Lipinski definition) is 3. The molecule has 1 unspecified atom stereocenters. The van der Waals surface area contributed by atoms with E-state index in [9.17, 15) is 18.0 Å². The largest absolute Gasteiger partial charge is 0.405 e. The molecule has 0 aromatic rings. The van der Waals surface area contributed by atoms with Gasteiger partial charge in [-0.3, -0.25) is 9.69 Å². The second-order valence-corrected chi connectivity index (χ2v) is 3.93. The standard InChI is InChI=1S/C9H16F3N3O/c1-14-3-2-4-15(6-8(14)16)7(5-13)9(10,11)12/h7H,2-6,13H2,1H3. The third-order valence-corrected chi connectivity index (χ3v) is 2.74. The Morgan fingerprint density at radius 2 is 2.06 bits per heavy atom. The van der Waals surface area contributed by atoms with Crippen molar-refractivity contribution >= 4 is 5.91 Å². The molecule has 1 fully saturated rings. The minimum atomic E-state index is -4.38. The summed E-state index contributed by atoms with van der Waals surface area (Å²) in [5.74, 6) is -0.291. The van der Waals surface area contributed by atoms with Crippen molar-refractivity contribution in [1.82, 2.24) is 9.80 Å². The van der Waals surface area contributed by atoms with E-state index >= 15 is 0 Å². The quantitative estimate of drug-likeness (QED) is 0.740. The number of likely N-dealkylation sites (N-methyl/N-ethyl adjacent to an activating group) is 1. The van der Waals surface area contributed by atoms with Gasteiger partial charge in [-0.15, -0.1) is 0 Å². The second-order valence-electron chi connectivity index (χ2n) is 3.93. The van der Waals surface area contributed by atoms with Crippen LogP contribution in [-0.2, 0) is 4.79 Å². The summed E-state index contributed by atoms with van der Waals surface area (Å²) < 4.78 is 37.8. The molecule has 2 N–H and O–H groups in total. The smallest absolute Gasteiger partial charge is 0.345 e. The van der Waals surface area contributed by atoms with Crippen molar-refractivity contribution in [3.8, 4) is 0 Å². The third kappa shape index (κ3) is 3.08. The van der Waals surface area contributed by atoms with Crippen LogP contribution in [0.15, 0.2) is 0 Å². The van der Waals surface area contributed by atoms with Gasteiger partial charge in [-0.1, -0.05) is 0 Å². The first-order valence-corrected chi connectivity index (χ1v) is 5.11. The molecule has 1 atom stereocenters. The van der Waals surface area contributed by atoms with Crippen molar-refractivity contribution in [3.05, 3.63) is 0 Å². The number of amides is 1. The molecule has 0 aromatic heterocycles. The molecule has 1 amide bonds. The van der Waals surface area contributed by atoms with Gasteiger partial charge in [-0.25, -0.2) is 0 Å². The lowest BCUT2D eigenvalue weighted by Crippen LogP contribution is -2.52. The number of carbonyl (C=O) groups is 1. The first-order chi connectivity index (χ1) is 7.36. The van der Waals surface area contributed by atoms with Gasteiger partial charge in [0.05, 0.1) is 6.54 Å². The molecule has 94 valence electrons. The summed E-state index contributed by atoms with van der Waals surface area (Å²) in [6.07, 6.45) is -3.84. The van der Waals surface area contributed by atoms with Gasteiger partial charge in [0, 0.05) is 26.7 Å². The van der Waals surface area contributed by atoms with Gasteiger partial charge >= 0.3 is 6.18 Å². The molecular weight excluding hydrogens is 223 g/mol. The third-order valence-electron chi connectivity index (χ3n) is 2.74. The fourth-order valence-corrected chi connectivity index (χ4v) is 1.76. The lowest BCUT2D eigenvalue weighted by molar-refractivity contribution is -0.181. The molecule has 1 rings (SSSR count). The van der Waals surface area contributed by atoms with Gasteiger partial charge in [-0.2, -0.15) is 13.2 Å². The molecule has 0 saturated carbocycles. The molecule has 1 aliphatic rings. The summed E-state index contributed by atoms with van der Waals surface area (Å²) in [6.45, 7) is 0.0142. The van der Waals surface area contributed by atoms with Crippen LogP contribution in [0.5, 0.6) is 0 Å². The van der Waals surface area contributed by atoms with Crippen LogP contribution in [0.1, 0.15) is 6.42 Å². The van der Waals surface area contributed by atoms with Crippen molar-refractivity contribution in [1.29, 1.82) is 0 Å². The van der Waals surface area contributed by atoms with Gasteiger partial charge in [0.15, 0.2) is 0 Å². The number of nitrogens with zero attached hydrogens (tertiary/aromatic N) is 2. The minimum absolute atomic E-state index is 0.210. The van der Waals surface area contributed by atoms with Gasteiger partial charge in [0.1, 0.15) is 6.04 Å². The number of hydrogen-bond donors (Lipinski definition) is 1. The predicted octanol–water partition coefficient (Wildman–Crippen LogP) is 0.0401. The van der Waals surface area contributed by atoms with E-state index in [1.807, 2.05) is 0 Å². The maximum Gasteiger partial charge on any atom is 0.405 e. The minimum Gasteiger partial charge on any atom is -0.345 e. The van der Waals surface area contributed by atoms with Crippen LogP contribution in [0.25, 0.3) is 0 Å². The van der Waals surface area contributed by atoms with Crippen LogP contribution >= 0.6 is 0 Å². The Morgan fingerprint density at radius 3 is 2.56 bits per heavy atom. The summed E-state index contributed by atoms with van der Waals surface area (Å²) in [5, 5.41) is 0. The van der Waals surface area contributed by atoms with Crippen LogP contribution in [0.2, 0.25) is 0 Å². The van der Waals surface area contributed by atoms with E-state index in [2.05, 4.69) is 0 Å². The first-order valence-electron chi connectivity index (χ1n) is 5.11. The average Bonchev–Trinajstić information content (AvgIpc) is 2.29. The predicted molar refractivity (Wildman–Crippen MR) is 52.7 cm³/mol. The Balaban J connectivity index is 2.74. The van der Waals surface area contributed by atoms with Crippen molar-refractivity contribution in [2.24, 2.45) is 5.73 Å². The van der Waals surface area contributed by atoms with E-state index in [0.29, 0.717) is 13.0 Å². The molecule has 0 aromatic carbocycles. The molecule has 16 heavy (non-hydrogen) atoms. The first kappa shape index (κ1) is 13.2. The Hall–Kier alpha value is -0.820. The van der Waals surface area contributed by atoms with Gasteiger partial charge < -0.3 is 10.6 Å². The summed E-state index contributed by atoms with van der Waals surface area (Å²) in [7, 11) is 1.59. The Bertz CT molecular complexity index is 257. The van der Waals surface area contributed by atoms with Crippen LogP contribution < -0.4 is 5.73 Å². The van der Waals surface area contributed by atoms with Crippen molar-refractivity contribution in [2.75, 3.05) is 33.2 Å². The number of rotatable bonds is 2. The Labute approximate surface area is 92.2 Å². The number of halogens is 3. The molecule has 1 aliphatic heterocycles. The van der Waals surface area contributed by atoms with Gasteiger partial charge in [-0.05, 0) is 6.42 Å². The second kappa shape index (κ2) is 5.01. The van der Waals surface area contributed by atoms with Gasteiger partial charge in [0.2, 0.25) is 5.91 Å². The zero-order valence-corrected chi connectivity index (χ0v) is 9.13. The topological polar surface area (TPSA) is 49.6 Å². The molecule has 0 bridgehead atoms. The zero-order valence-electron chi connectivity index (χ0n) is 9.13. The lowest BCUT2D eigenvalue weighted by atomic mass is 10.2. The highest BCUT2D eigenvalue weighted by atomic mass is 19.4. The van der Waals surface area contributed by atoms with Crippen molar-refractivity contribution < 1.29 is 18.0 Å². The van der Waals surface area contributed by atoms with Crippen molar-refractivity contribution in [2.45, 2.75) is 18.6 Å². The highest BCUT2D eigenvalue weighted by molar-refractivity contribution is 5.78. The fraction of sp³-hybridized carbons (Fsp3) is 0.889. The van der Waals surface area contributed by atoms with E-state index < -0.39 is 18.8 Å². The van der Waals surface area contributed by atoms with Crippen LogP contribution in [-0.4, -0.2) is 61.2 Å². The lowest BCUT2D eigenvalue weighted by Gasteiger charge is -2.30. The molecule has 0 spiro atoms. The number of alkyl halides is 3. The summed E-state index contributed by atoms with van der Waals surface area (Å²) in [5.41, 5.74) is 5.13. The monoisotopic (exact) mass is 239 g/mol. The maximum absolute atomic E-state index is 12.6. The zero-order chi connectivity index (χ0) is 12.3. The average molecular weight is 239 g/mol. The van der Waals surface area contributed by atoms with Crippen LogP contribution in [0.3, 0.4) is 0 Å². The highest BCUT2D eigenvalue weighted by Crippen LogP contribution is 2.25. The summed E-state index contributed by atoms with van der Waals surface area (Å²) >= 11 is 0. The van der Waals surface area contributed by atoms with E-state index in [0.717, 1.165) is 4.90 Å². The molecule has 7 heteroatoms. The Kier molecular flexibility index (Phi) is 4.15. The molecule has 0 radical (unpaired) electrons. The van der Waals surface area contributed by atoms with E-state index in [1.165, 1.54) is 4.90 Å². The van der Waals surface area contributed by atoms with Crippen LogP contribution in [0, 0.1) is 0 Å². The molecule has 1 saturated heterocycles. The van der Waals surface area contributed by atoms with Crippen LogP contribution in [0.4, 0.5) is 13.2 Å². The summed E-state index contributed by atoms with van der Waals surface area (Å²) in [4.78, 5) is 14.0. The normalized spacial score (nSPS) is 22.1. The molecule has 1 heterocycles. The molecule has 0 aliphatic carbocycles. The SMILES string of the molecule is CN1CCCN(C(CN)C(F)(F)F)CC1=O.